The number of amides is 1. The number of carbonyl (C=O) groups excluding carboxylic acids is 2. The first-order valence-corrected chi connectivity index (χ1v) is 7.79. The molecular formula is C19H21NO4. The van der Waals surface area contributed by atoms with E-state index in [9.17, 15) is 9.59 Å². The zero-order chi connectivity index (χ0) is 17.4. The van der Waals surface area contributed by atoms with E-state index in [1.807, 2.05) is 55.5 Å². The van der Waals surface area contributed by atoms with Crippen molar-refractivity contribution >= 4 is 11.9 Å². The first kappa shape index (κ1) is 17.5. The van der Waals surface area contributed by atoms with Crippen LogP contribution in [-0.4, -0.2) is 24.6 Å². The summed E-state index contributed by atoms with van der Waals surface area (Å²) in [6.45, 7) is 3.12. The van der Waals surface area contributed by atoms with Crippen LogP contribution in [0.3, 0.4) is 0 Å². The number of hydrogen-bond donors (Lipinski definition) is 1. The molecule has 0 aliphatic carbocycles. The molecule has 1 amide bonds. The SMILES string of the molecule is C[C@@H](Oc1ccccc1)C(=O)OCC(=O)N[C@H](C)c1ccccc1. The van der Waals surface area contributed by atoms with Crippen molar-refractivity contribution in [1.82, 2.24) is 5.32 Å². The Morgan fingerprint density at radius 3 is 2.17 bits per heavy atom. The van der Waals surface area contributed by atoms with Gasteiger partial charge in [-0.15, -0.1) is 0 Å². The molecule has 0 aromatic heterocycles. The van der Waals surface area contributed by atoms with Crippen molar-refractivity contribution in [1.29, 1.82) is 0 Å². The van der Waals surface area contributed by atoms with Crippen LogP contribution < -0.4 is 10.1 Å². The fourth-order valence-corrected chi connectivity index (χ4v) is 2.11. The minimum atomic E-state index is -0.785. The highest BCUT2D eigenvalue weighted by molar-refractivity contribution is 5.82. The van der Waals surface area contributed by atoms with E-state index in [2.05, 4.69) is 5.32 Å². The van der Waals surface area contributed by atoms with Crippen LogP contribution in [0.4, 0.5) is 0 Å². The molecule has 2 rings (SSSR count). The summed E-state index contributed by atoms with van der Waals surface area (Å²) >= 11 is 0. The highest BCUT2D eigenvalue weighted by Gasteiger charge is 2.18. The molecule has 0 saturated carbocycles. The van der Waals surface area contributed by atoms with Gasteiger partial charge in [-0.05, 0) is 31.5 Å². The normalized spacial score (nSPS) is 12.8. The third-order valence-electron chi connectivity index (χ3n) is 3.41. The lowest BCUT2D eigenvalue weighted by Crippen LogP contribution is -2.34. The van der Waals surface area contributed by atoms with Crippen LogP contribution in [0.5, 0.6) is 5.75 Å². The summed E-state index contributed by atoms with van der Waals surface area (Å²) in [5.74, 6) is -0.364. The van der Waals surface area contributed by atoms with E-state index in [4.69, 9.17) is 9.47 Å². The van der Waals surface area contributed by atoms with Gasteiger partial charge in [0.25, 0.3) is 5.91 Å². The quantitative estimate of drug-likeness (QED) is 0.794. The standard InChI is InChI=1S/C19H21NO4/c1-14(16-9-5-3-6-10-16)20-18(21)13-23-19(22)15(2)24-17-11-7-4-8-12-17/h3-12,14-15H,13H2,1-2H3,(H,20,21)/t14-,15-/m1/s1. The van der Waals surface area contributed by atoms with E-state index in [1.165, 1.54) is 0 Å². The number of rotatable bonds is 7. The number of ether oxygens (including phenoxy) is 2. The number of esters is 1. The Balaban J connectivity index is 1.75. The molecule has 5 nitrogen and oxygen atoms in total. The number of para-hydroxylation sites is 1. The molecule has 0 aliphatic rings. The summed E-state index contributed by atoms with van der Waals surface area (Å²) in [6, 6.07) is 18.4. The van der Waals surface area contributed by atoms with E-state index in [1.54, 1.807) is 19.1 Å². The van der Waals surface area contributed by atoms with Gasteiger partial charge in [-0.2, -0.15) is 0 Å². The Morgan fingerprint density at radius 1 is 0.958 bits per heavy atom. The van der Waals surface area contributed by atoms with Gasteiger partial charge in [0, 0.05) is 0 Å². The first-order valence-electron chi connectivity index (χ1n) is 7.79. The maximum Gasteiger partial charge on any atom is 0.347 e. The van der Waals surface area contributed by atoms with Crippen molar-refractivity contribution in [3.05, 3.63) is 66.2 Å². The van der Waals surface area contributed by atoms with Gasteiger partial charge in [-0.1, -0.05) is 48.5 Å². The second-order valence-corrected chi connectivity index (χ2v) is 5.38. The van der Waals surface area contributed by atoms with E-state index in [0.717, 1.165) is 5.56 Å². The second-order valence-electron chi connectivity index (χ2n) is 5.38. The van der Waals surface area contributed by atoms with Gasteiger partial charge in [0.15, 0.2) is 12.7 Å². The van der Waals surface area contributed by atoms with E-state index in [0.29, 0.717) is 5.75 Å². The van der Waals surface area contributed by atoms with Gasteiger partial charge in [-0.3, -0.25) is 4.79 Å². The maximum atomic E-state index is 11.9. The Morgan fingerprint density at radius 2 is 1.54 bits per heavy atom. The molecule has 0 spiro atoms. The lowest BCUT2D eigenvalue weighted by molar-refractivity contribution is -0.154. The average Bonchev–Trinajstić information content (AvgIpc) is 2.61. The lowest BCUT2D eigenvalue weighted by atomic mass is 10.1. The summed E-state index contributed by atoms with van der Waals surface area (Å²) in [5.41, 5.74) is 0.984. The van der Waals surface area contributed by atoms with Crippen LogP contribution in [0.1, 0.15) is 25.5 Å². The number of carbonyl (C=O) groups is 2. The lowest BCUT2D eigenvalue weighted by Gasteiger charge is -2.16. The summed E-state index contributed by atoms with van der Waals surface area (Å²) in [6.07, 6.45) is -0.785. The molecule has 0 bridgehead atoms. The zero-order valence-electron chi connectivity index (χ0n) is 13.8. The molecule has 0 unspecified atom stereocenters. The molecule has 0 heterocycles. The molecule has 0 fully saturated rings. The van der Waals surface area contributed by atoms with Crippen molar-refractivity contribution in [2.45, 2.75) is 26.0 Å². The molecule has 0 saturated heterocycles. The third-order valence-corrected chi connectivity index (χ3v) is 3.41. The number of benzene rings is 2. The van der Waals surface area contributed by atoms with Gasteiger partial charge >= 0.3 is 5.97 Å². The molecule has 0 aliphatic heterocycles. The van der Waals surface area contributed by atoms with Gasteiger partial charge in [-0.25, -0.2) is 4.79 Å². The van der Waals surface area contributed by atoms with Gasteiger partial charge in [0.1, 0.15) is 5.75 Å². The molecular weight excluding hydrogens is 306 g/mol. The van der Waals surface area contributed by atoms with Crippen LogP contribution in [0.25, 0.3) is 0 Å². The molecule has 1 N–H and O–H groups in total. The van der Waals surface area contributed by atoms with Crippen LogP contribution >= 0.6 is 0 Å². The summed E-state index contributed by atoms with van der Waals surface area (Å²) in [5, 5.41) is 2.78. The highest BCUT2D eigenvalue weighted by atomic mass is 16.6. The summed E-state index contributed by atoms with van der Waals surface area (Å²) in [4.78, 5) is 23.8. The minimum absolute atomic E-state index is 0.157. The Bertz CT molecular complexity index is 658. The summed E-state index contributed by atoms with van der Waals surface area (Å²) in [7, 11) is 0. The average molecular weight is 327 g/mol. The predicted molar refractivity (Wildman–Crippen MR) is 90.5 cm³/mol. The molecule has 24 heavy (non-hydrogen) atoms. The second kappa shape index (κ2) is 8.72. The van der Waals surface area contributed by atoms with E-state index < -0.39 is 12.1 Å². The predicted octanol–water partition coefficient (Wildman–Crippen LogP) is 2.87. The minimum Gasteiger partial charge on any atom is -0.479 e. The summed E-state index contributed by atoms with van der Waals surface area (Å²) < 4.78 is 10.5. The highest BCUT2D eigenvalue weighted by Crippen LogP contribution is 2.12. The van der Waals surface area contributed by atoms with Crippen LogP contribution in [-0.2, 0) is 14.3 Å². The number of nitrogens with one attached hydrogen (secondary N) is 1. The van der Waals surface area contributed by atoms with Crippen LogP contribution in [0.15, 0.2) is 60.7 Å². The van der Waals surface area contributed by atoms with Crippen molar-refractivity contribution in [2.75, 3.05) is 6.61 Å². The van der Waals surface area contributed by atoms with Gasteiger partial charge in [0.05, 0.1) is 6.04 Å². The molecule has 126 valence electrons. The smallest absolute Gasteiger partial charge is 0.347 e. The number of hydrogen-bond acceptors (Lipinski definition) is 4. The largest absolute Gasteiger partial charge is 0.479 e. The Labute approximate surface area is 141 Å². The fourth-order valence-electron chi connectivity index (χ4n) is 2.11. The topological polar surface area (TPSA) is 64.6 Å². The molecule has 2 aromatic carbocycles. The van der Waals surface area contributed by atoms with Crippen molar-refractivity contribution in [3.63, 3.8) is 0 Å². The first-order chi connectivity index (χ1) is 11.6. The maximum absolute atomic E-state index is 11.9. The van der Waals surface area contributed by atoms with Crippen molar-refractivity contribution in [3.8, 4) is 5.75 Å². The molecule has 2 atom stereocenters. The van der Waals surface area contributed by atoms with Crippen molar-refractivity contribution < 1.29 is 19.1 Å². The fraction of sp³-hybridized carbons (Fsp3) is 0.263. The Hall–Kier alpha value is -2.82. The van der Waals surface area contributed by atoms with Gasteiger partial charge < -0.3 is 14.8 Å². The molecule has 5 heteroatoms. The Kier molecular flexibility index (Phi) is 6.37. The molecule has 0 radical (unpaired) electrons. The monoisotopic (exact) mass is 327 g/mol. The van der Waals surface area contributed by atoms with Crippen LogP contribution in [0.2, 0.25) is 0 Å². The van der Waals surface area contributed by atoms with Crippen molar-refractivity contribution in [2.24, 2.45) is 0 Å². The molecule has 2 aromatic rings. The zero-order valence-corrected chi connectivity index (χ0v) is 13.8. The van der Waals surface area contributed by atoms with Gasteiger partial charge in [0.2, 0.25) is 0 Å². The van der Waals surface area contributed by atoms with Crippen LogP contribution in [0, 0.1) is 0 Å². The van der Waals surface area contributed by atoms with E-state index in [-0.39, 0.29) is 18.6 Å². The van der Waals surface area contributed by atoms with E-state index >= 15 is 0 Å². The third kappa shape index (κ3) is 5.43.